The van der Waals surface area contributed by atoms with Crippen molar-refractivity contribution in [2.75, 3.05) is 18.5 Å². The van der Waals surface area contributed by atoms with Crippen LogP contribution in [0.5, 0.6) is 0 Å². The van der Waals surface area contributed by atoms with E-state index in [1.807, 2.05) is 26.1 Å². The Bertz CT molecular complexity index is 365. The summed E-state index contributed by atoms with van der Waals surface area (Å²) in [5.41, 5.74) is 2.23. The van der Waals surface area contributed by atoms with E-state index in [4.69, 9.17) is 16.3 Å². The van der Waals surface area contributed by atoms with Crippen LogP contribution in [-0.2, 0) is 4.74 Å². The molecule has 0 saturated heterocycles. The van der Waals surface area contributed by atoms with Crippen LogP contribution < -0.4 is 4.90 Å². The van der Waals surface area contributed by atoms with Gasteiger partial charge in [-0.05, 0) is 31.5 Å². The maximum atomic E-state index is 6.15. The van der Waals surface area contributed by atoms with E-state index in [9.17, 15) is 0 Å². The number of likely N-dealkylation sites (N-methyl/N-ethyl adjacent to an activating group) is 1. The molecule has 16 heavy (non-hydrogen) atoms. The second-order valence-corrected chi connectivity index (χ2v) is 4.36. The van der Waals surface area contributed by atoms with E-state index in [0.717, 1.165) is 17.3 Å². The number of anilines is 1. The molecule has 1 aromatic carbocycles. The van der Waals surface area contributed by atoms with Crippen molar-refractivity contribution in [3.63, 3.8) is 0 Å². The molecule has 0 N–H and O–H groups in total. The summed E-state index contributed by atoms with van der Waals surface area (Å²) in [4.78, 5) is 2.09. The lowest BCUT2D eigenvalue weighted by atomic mass is 10.2. The minimum atomic E-state index is 0.0964. The van der Waals surface area contributed by atoms with E-state index >= 15 is 0 Å². The maximum absolute atomic E-state index is 6.15. The van der Waals surface area contributed by atoms with Crippen LogP contribution in [0.2, 0.25) is 5.02 Å². The standard InChI is InChI=1S/C13H18ClNO/c1-5-16-11(3)9-15(4)13-8-10(2)6-7-12(13)14/h5-8,11H,1,9H2,2-4H3/t11-/m1/s1. The highest BCUT2D eigenvalue weighted by Crippen LogP contribution is 2.26. The van der Waals surface area contributed by atoms with Crippen LogP contribution in [0.4, 0.5) is 5.69 Å². The quantitative estimate of drug-likeness (QED) is 0.728. The molecule has 2 nitrogen and oxygen atoms in total. The lowest BCUT2D eigenvalue weighted by molar-refractivity contribution is 0.168. The van der Waals surface area contributed by atoms with Gasteiger partial charge in [0, 0.05) is 7.05 Å². The van der Waals surface area contributed by atoms with Gasteiger partial charge >= 0.3 is 0 Å². The van der Waals surface area contributed by atoms with Gasteiger partial charge < -0.3 is 9.64 Å². The van der Waals surface area contributed by atoms with Crippen molar-refractivity contribution in [2.24, 2.45) is 0 Å². The summed E-state index contributed by atoms with van der Waals surface area (Å²) in [5.74, 6) is 0. The van der Waals surface area contributed by atoms with Gasteiger partial charge in [0.1, 0.15) is 6.10 Å². The van der Waals surface area contributed by atoms with E-state index in [0.29, 0.717) is 0 Å². The Kier molecular flexibility index (Phi) is 4.69. The molecule has 0 saturated carbocycles. The highest BCUT2D eigenvalue weighted by molar-refractivity contribution is 6.33. The van der Waals surface area contributed by atoms with Crippen molar-refractivity contribution in [3.05, 3.63) is 41.6 Å². The van der Waals surface area contributed by atoms with Crippen LogP contribution in [0.3, 0.4) is 0 Å². The zero-order valence-corrected chi connectivity index (χ0v) is 10.8. The van der Waals surface area contributed by atoms with Crippen molar-refractivity contribution in [2.45, 2.75) is 20.0 Å². The molecule has 0 amide bonds. The lowest BCUT2D eigenvalue weighted by Gasteiger charge is -2.24. The van der Waals surface area contributed by atoms with E-state index in [1.54, 1.807) is 0 Å². The number of benzene rings is 1. The fourth-order valence-electron chi connectivity index (χ4n) is 1.61. The van der Waals surface area contributed by atoms with Crippen LogP contribution in [-0.4, -0.2) is 19.7 Å². The van der Waals surface area contributed by atoms with Gasteiger partial charge in [-0.15, -0.1) is 0 Å². The maximum Gasteiger partial charge on any atom is 0.112 e. The van der Waals surface area contributed by atoms with Crippen LogP contribution in [0.1, 0.15) is 12.5 Å². The molecule has 0 aliphatic heterocycles. The second kappa shape index (κ2) is 5.80. The van der Waals surface area contributed by atoms with Crippen LogP contribution in [0, 0.1) is 6.92 Å². The fraction of sp³-hybridized carbons (Fsp3) is 0.385. The van der Waals surface area contributed by atoms with Gasteiger partial charge in [0.2, 0.25) is 0 Å². The van der Waals surface area contributed by atoms with Gasteiger partial charge in [-0.25, -0.2) is 0 Å². The summed E-state index contributed by atoms with van der Waals surface area (Å²) < 4.78 is 5.28. The smallest absolute Gasteiger partial charge is 0.112 e. The Labute approximate surface area is 102 Å². The molecule has 88 valence electrons. The number of halogens is 1. The Morgan fingerprint density at radius 3 is 2.88 bits per heavy atom. The number of hydrogen-bond donors (Lipinski definition) is 0. The molecule has 1 aromatic rings. The summed E-state index contributed by atoms with van der Waals surface area (Å²) >= 11 is 6.15. The number of nitrogens with zero attached hydrogens (tertiary/aromatic N) is 1. The average Bonchev–Trinajstić information content (AvgIpc) is 2.21. The molecule has 0 fully saturated rings. The first-order valence-corrected chi connectivity index (χ1v) is 5.66. The zero-order chi connectivity index (χ0) is 12.1. The molecule has 1 atom stereocenters. The van der Waals surface area contributed by atoms with Gasteiger partial charge in [-0.1, -0.05) is 24.2 Å². The minimum absolute atomic E-state index is 0.0964. The SMILES string of the molecule is C=CO[C@H](C)CN(C)c1cc(C)ccc1Cl. The highest BCUT2D eigenvalue weighted by atomic mass is 35.5. The Hall–Kier alpha value is -1.15. The fourth-order valence-corrected chi connectivity index (χ4v) is 1.87. The topological polar surface area (TPSA) is 12.5 Å². The van der Waals surface area contributed by atoms with Gasteiger partial charge in [0.25, 0.3) is 0 Å². The summed E-state index contributed by atoms with van der Waals surface area (Å²) in [6.45, 7) is 8.37. The average molecular weight is 240 g/mol. The molecular weight excluding hydrogens is 222 g/mol. The van der Waals surface area contributed by atoms with Gasteiger partial charge in [-0.3, -0.25) is 0 Å². The first-order valence-electron chi connectivity index (χ1n) is 5.28. The van der Waals surface area contributed by atoms with E-state index < -0.39 is 0 Å². The molecule has 0 unspecified atom stereocenters. The number of aryl methyl sites for hydroxylation is 1. The predicted octanol–water partition coefficient (Wildman–Crippen LogP) is 3.63. The molecular formula is C13H18ClNO. The normalized spacial score (nSPS) is 12.0. The van der Waals surface area contributed by atoms with Gasteiger partial charge in [0.05, 0.1) is 23.5 Å². The molecule has 0 spiro atoms. The number of ether oxygens (including phenoxy) is 1. The Morgan fingerprint density at radius 2 is 2.25 bits per heavy atom. The summed E-state index contributed by atoms with van der Waals surface area (Å²) in [5, 5.41) is 0.763. The monoisotopic (exact) mass is 239 g/mol. The van der Waals surface area contributed by atoms with E-state index in [-0.39, 0.29) is 6.10 Å². The minimum Gasteiger partial charge on any atom is -0.497 e. The number of hydrogen-bond acceptors (Lipinski definition) is 2. The zero-order valence-electron chi connectivity index (χ0n) is 10.0. The van der Waals surface area contributed by atoms with E-state index in [2.05, 4.69) is 24.5 Å². The molecule has 0 heterocycles. The molecule has 3 heteroatoms. The van der Waals surface area contributed by atoms with Crippen molar-refractivity contribution in [1.29, 1.82) is 0 Å². The van der Waals surface area contributed by atoms with Crippen LogP contribution in [0.25, 0.3) is 0 Å². The van der Waals surface area contributed by atoms with Crippen molar-refractivity contribution in [3.8, 4) is 0 Å². The second-order valence-electron chi connectivity index (χ2n) is 3.95. The molecule has 0 radical (unpaired) electrons. The van der Waals surface area contributed by atoms with Crippen molar-refractivity contribution >= 4 is 17.3 Å². The third-order valence-electron chi connectivity index (χ3n) is 2.37. The van der Waals surface area contributed by atoms with Crippen molar-refractivity contribution in [1.82, 2.24) is 0 Å². The Morgan fingerprint density at radius 1 is 1.56 bits per heavy atom. The lowest BCUT2D eigenvalue weighted by Crippen LogP contribution is -2.28. The molecule has 0 bridgehead atoms. The predicted molar refractivity (Wildman–Crippen MR) is 70.2 cm³/mol. The van der Waals surface area contributed by atoms with Gasteiger partial charge in [0.15, 0.2) is 0 Å². The summed E-state index contributed by atoms with van der Waals surface area (Å²) in [6.07, 6.45) is 1.56. The van der Waals surface area contributed by atoms with E-state index in [1.165, 1.54) is 11.8 Å². The molecule has 0 aromatic heterocycles. The first kappa shape index (κ1) is 12.9. The summed E-state index contributed by atoms with van der Waals surface area (Å²) in [7, 11) is 2.00. The van der Waals surface area contributed by atoms with Crippen LogP contribution in [0.15, 0.2) is 31.0 Å². The third-order valence-corrected chi connectivity index (χ3v) is 2.69. The Balaban J connectivity index is 2.75. The molecule has 0 aliphatic carbocycles. The summed E-state index contributed by atoms with van der Waals surface area (Å²) in [6, 6.07) is 5.99. The van der Waals surface area contributed by atoms with Gasteiger partial charge in [-0.2, -0.15) is 0 Å². The highest BCUT2D eigenvalue weighted by Gasteiger charge is 2.10. The molecule has 0 aliphatic rings. The largest absolute Gasteiger partial charge is 0.497 e. The third kappa shape index (κ3) is 3.46. The van der Waals surface area contributed by atoms with Crippen molar-refractivity contribution < 1.29 is 4.74 Å². The first-order chi connectivity index (χ1) is 7.54. The number of rotatable bonds is 5. The molecule has 1 rings (SSSR count). The van der Waals surface area contributed by atoms with Crippen LogP contribution >= 0.6 is 11.6 Å².